The van der Waals surface area contributed by atoms with E-state index in [-0.39, 0.29) is 35.8 Å². The number of nitrogen functional groups attached to an aromatic ring is 1. The topological polar surface area (TPSA) is 85.5 Å². The molecule has 120 valence electrons. The second-order valence-electron chi connectivity index (χ2n) is 5.60. The van der Waals surface area contributed by atoms with Crippen LogP contribution in [-0.4, -0.2) is 40.5 Å². The summed E-state index contributed by atoms with van der Waals surface area (Å²) in [6.07, 6.45) is 4.45. The Hall–Kier alpha value is -1.63. The smallest absolute Gasteiger partial charge is 0.340 e. The van der Waals surface area contributed by atoms with Gasteiger partial charge in [0, 0.05) is 12.1 Å². The normalized spacial score (nSPS) is 21.5. The van der Waals surface area contributed by atoms with E-state index in [0.717, 1.165) is 19.3 Å². The summed E-state index contributed by atoms with van der Waals surface area (Å²) in [6, 6.07) is 1.83. The van der Waals surface area contributed by atoms with Crippen LogP contribution in [0.4, 0.5) is 5.69 Å². The summed E-state index contributed by atoms with van der Waals surface area (Å²) in [7, 11) is 0. The van der Waals surface area contributed by atoms with Crippen LogP contribution in [0.25, 0.3) is 0 Å². The van der Waals surface area contributed by atoms with Gasteiger partial charge in [0.2, 0.25) is 0 Å². The molecule has 7 heteroatoms. The number of hydrogen-bond donors (Lipinski definition) is 1. The van der Waals surface area contributed by atoms with Gasteiger partial charge in [-0.2, -0.15) is 0 Å². The van der Waals surface area contributed by atoms with E-state index < -0.39 is 5.97 Å². The fraction of sp³-hybridized carbons (Fsp3) is 0.533. The number of aromatic nitrogens is 1. The summed E-state index contributed by atoms with van der Waals surface area (Å²) >= 11 is 3.17. The Labute approximate surface area is 138 Å². The first-order valence-corrected chi connectivity index (χ1v) is 8.08. The molecule has 2 atom stereocenters. The number of rotatable bonds is 3. The largest absolute Gasteiger partial charge is 0.452 e. The molecule has 2 heterocycles. The summed E-state index contributed by atoms with van der Waals surface area (Å²) in [6.45, 7) is 3.77. The van der Waals surface area contributed by atoms with Crippen LogP contribution >= 0.6 is 15.9 Å². The molecule has 1 aliphatic heterocycles. The molecule has 0 aliphatic carbocycles. The lowest BCUT2D eigenvalue weighted by atomic mass is 9.97. The van der Waals surface area contributed by atoms with Gasteiger partial charge in [0.15, 0.2) is 6.61 Å². The minimum Gasteiger partial charge on any atom is -0.452 e. The highest BCUT2D eigenvalue weighted by Crippen LogP contribution is 2.23. The zero-order valence-corrected chi connectivity index (χ0v) is 14.3. The van der Waals surface area contributed by atoms with Gasteiger partial charge in [-0.1, -0.05) is 0 Å². The molecule has 0 aromatic carbocycles. The number of anilines is 1. The summed E-state index contributed by atoms with van der Waals surface area (Å²) in [5.74, 6) is -0.786. The van der Waals surface area contributed by atoms with E-state index in [4.69, 9.17) is 10.5 Å². The summed E-state index contributed by atoms with van der Waals surface area (Å²) < 4.78 is 5.60. The number of amides is 1. The summed E-state index contributed by atoms with van der Waals surface area (Å²) in [5.41, 5.74) is 6.13. The van der Waals surface area contributed by atoms with Gasteiger partial charge in [0.05, 0.1) is 17.4 Å². The van der Waals surface area contributed by atoms with E-state index in [2.05, 4.69) is 20.9 Å². The molecule has 22 heavy (non-hydrogen) atoms. The summed E-state index contributed by atoms with van der Waals surface area (Å²) in [4.78, 5) is 30.1. The summed E-state index contributed by atoms with van der Waals surface area (Å²) in [5, 5.41) is 0. The molecule has 0 spiro atoms. The van der Waals surface area contributed by atoms with Crippen molar-refractivity contribution < 1.29 is 14.3 Å². The van der Waals surface area contributed by atoms with E-state index in [9.17, 15) is 9.59 Å². The number of halogens is 1. The van der Waals surface area contributed by atoms with Crippen LogP contribution < -0.4 is 5.73 Å². The third-order valence-corrected chi connectivity index (χ3v) is 4.36. The van der Waals surface area contributed by atoms with E-state index >= 15 is 0 Å². The first-order valence-electron chi connectivity index (χ1n) is 7.29. The van der Waals surface area contributed by atoms with Gasteiger partial charge >= 0.3 is 5.97 Å². The number of pyridine rings is 1. The van der Waals surface area contributed by atoms with Crippen molar-refractivity contribution in [1.82, 2.24) is 9.88 Å². The molecule has 2 rings (SSSR count). The molecule has 1 aromatic heterocycles. The maximum atomic E-state index is 12.3. The minimum atomic E-state index is -0.619. The third kappa shape index (κ3) is 3.76. The number of carbonyl (C=O) groups excluding carboxylic acids is 2. The fourth-order valence-electron chi connectivity index (χ4n) is 2.81. The average Bonchev–Trinajstić information content (AvgIpc) is 2.47. The molecule has 1 aromatic rings. The van der Waals surface area contributed by atoms with Gasteiger partial charge in [-0.05, 0) is 55.1 Å². The zero-order valence-electron chi connectivity index (χ0n) is 12.7. The quantitative estimate of drug-likeness (QED) is 0.652. The molecule has 0 radical (unpaired) electrons. The zero-order chi connectivity index (χ0) is 16.3. The predicted octanol–water partition coefficient (Wildman–Crippen LogP) is 2.37. The predicted molar refractivity (Wildman–Crippen MR) is 86.3 cm³/mol. The minimum absolute atomic E-state index is 0.167. The first-order chi connectivity index (χ1) is 10.4. The number of hydrogen-bond acceptors (Lipinski definition) is 5. The van der Waals surface area contributed by atoms with Gasteiger partial charge in [0.25, 0.3) is 5.91 Å². The van der Waals surface area contributed by atoms with E-state index in [1.165, 1.54) is 12.3 Å². The molecule has 1 aliphatic rings. The highest BCUT2D eigenvalue weighted by atomic mass is 79.9. The molecular formula is C15H20BrN3O3. The molecule has 0 unspecified atom stereocenters. The van der Waals surface area contributed by atoms with Crippen molar-refractivity contribution in [1.29, 1.82) is 0 Å². The lowest BCUT2D eigenvalue weighted by molar-refractivity contribution is -0.140. The highest BCUT2D eigenvalue weighted by molar-refractivity contribution is 9.10. The number of nitrogens with zero attached hydrogens (tertiary/aromatic N) is 2. The van der Waals surface area contributed by atoms with Crippen LogP contribution in [0, 0.1) is 0 Å². The van der Waals surface area contributed by atoms with Gasteiger partial charge in [-0.25, -0.2) is 9.78 Å². The number of piperidine rings is 1. The Bertz CT molecular complexity index is 569. The lowest BCUT2D eigenvalue weighted by Gasteiger charge is -2.38. The monoisotopic (exact) mass is 369 g/mol. The first kappa shape index (κ1) is 16.7. The van der Waals surface area contributed by atoms with Gasteiger partial charge < -0.3 is 15.4 Å². The number of ether oxygens (including phenoxy) is 1. The Balaban J connectivity index is 1.98. The molecule has 6 nitrogen and oxygen atoms in total. The van der Waals surface area contributed by atoms with Crippen LogP contribution in [0.1, 0.15) is 43.5 Å². The van der Waals surface area contributed by atoms with Crippen LogP contribution in [0.2, 0.25) is 0 Å². The van der Waals surface area contributed by atoms with Crippen molar-refractivity contribution in [3.8, 4) is 0 Å². The van der Waals surface area contributed by atoms with Gasteiger partial charge in [-0.15, -0.1) is 0 Å². The Morgan fingerprint density at radius 2 is 2.05 bits per heavy atom. The van der Waals surface area contributed by atoms with Crippen molar-refractivity contribution in [3.63, 3.8) is 0 Å². The lowest BCUT2D eigenvalue weighted by Crippen LogP contribution is -2.49. The van der Waals surface area contributed by atoms with Crippen molar-refractivity contribution in [2.75, 3.05) is 12.3 Å². The van der Waals surface area contributed by atoms with E-state index in [1.54, 1.807) is 0 Å². The Morgan fingerprint density at radius 3 is 2.68 bits per heavy atom. The molecule has 1 saturated heterocycles. The van der Waals surface area contributed by atoms with Crippen LogP contribution in [-0.2, 0) is 9.53 Å². The molecule has 1 fully saturated rings. The van der Waals surface area contributed by atoms with Crippen molar-refractivity contribution in [2.45, 2.75) is 45.2 Å². The van der Waals surface area contributed by atoms with Crippen LogP contribution in [0.3, 0.4) is 0 Å². The average molecular weight is 370 g/mol. The third-order valence-electron chi connectivity index (χ3n) is 3.93. The van der Waals surface area contributed by atoms with Gasteiger partial charge in [-0.3, -0.25) is 4.79 Å². The maximum Gasteiger partial charge on any atom is 0.340 e. The number of carbonyl (C=O) groups is 2. The van der Waals surface area contributed by atoms with Crippen LogP contribution in [0.15, 0.2) is 16.9 Å². The number of likely N-dealkylation sites (tertiary alicyclic amines) is 1. The second-order valence-corrected chi connectivity index (χ2v) is 6.41. The van der Waals surface area contributed by atoms with Crippen LogP contribution in [0.5, 0.6) is 0 Å². The van der Waals surface area contributed by atoms with Crippen molar-refractivity contribution in [3.05, 3.63) is 22.4 Å². The second kappa shape index (κ2) is 7.09. The molecule has 0 saturated carbocycles. The molecular weight excluding hydrogens is 350 g/mol. The number of esters is 1. The molecule has 0 bridgehead atoms. The Kier molecular flexibility index (Phi) is 5.39. The standard InChI is InChI=1S/C15H20BrN3O3/c1-9-4-3-5-10(2)19(9)14(20)8-22-15(21)11-6-13(16)18-7-12(11)17/h6-7,9-10H,3-5,8,17H2,1-2H3/t9-,10+. The van der Waals surface area contributed by atoms with E-state index in [0.29, 0.717) is 4.60 Å². The van der Waals surface area contributed by atoms with E-state index in [1.807, 2.05) is 18.7 Å². The molecule has 2 N–H and O–H groups in total. The van der Waals surface area contributed by atoms with Crippen molar-refractivity contribution in [2.24, 2.45) is 0 Å². The fourth-order valence-corrected chi connectivity index (χ4v) is 3.14. The van der Waals surface area contributed by atoms with Gasteiger partial charge in [0.1, 0.15) is 4.60 Å². The highest BCUT2D eigenvalue weighted by Gasteiger charge is 2.29. The SMILES string of the molecule is C[C@@H]1CCC[C@H](C)N1C(=O)COC(=O)c1cc(Br)ncc1N. The Morgan fingerprint density at radius 1 is 1.41 bits per heavy atom. The van der Waals surface area contributed by atoms with Crippen molar-refractivity contribution >= 4 is 33.5 Å². The molecule has 1 amide bonds. The number of nitrogens with two attached hydrogens (primary N) is 1. The maximum absolute atomic E-state index is 12.3.